The molecule has 1 aliphatic heterocycles. The predicted octanol–water partition coefficient (Wildman–Crippen LogP) is 0.683. The highest BCUT2D eigenvalue weighted by atomic mass is 16.5. The minimum atomic E-state index is -0.751. The summed E-state index contributed by atoms with van der Waals surface area (Å²) in [7, 11) is 0. The van der Waals surface area contributed by atoms with E-state index in [0.29, 0.717) is 26.0 Å². The van der Waals surface area contributed by atoms with E-state index in [9.17, 15) is 4.79 Å². The van der Waals surface area contributed by atoms with Crippen LogP contribution in [0.4, 0.5) is 0 Å². The van der Waals surface area contributed by atoms with E-state index in [0.717, 1.165) is 25.7 Å². The van der Waals surface area contributed by atoms with Crippen LogP contribution in [0.1, 0.15) is 38.5 Å². The Kier molecular flexibility index (Phi) is 3.12. The number of ether oxygens (including phenoxy) is 1. The Morgan fingerprint density at radius 3 is 2.79 bits per heavy atom. The fourth-order valence-electron chi connectivity index (χ4n) is 3.66. The predicted molar refractivity (Wildman–Crippen MR) is 68.8 cm³/mol. The third-order valence-electron chi connectivity index (χ3n) is 4.96. The summed E-state index contributed by atoms with van der Waals surface area (Å²) in [6.07, 6.45) is 5.67. The van der Waals surface area contributed by atoms with Gasteiger partial charge in [-0.15, -0.1) is 0 Å². The first-order chi connectivity index (χ1) is 9.19. The molecule has 0 spiro atoms. The molecule has 0 aromatic heterocycles. The summed E-state index contributed by atoms with van der Waals surface area (Å²) in [5.41, 5.74) is 5.03. The van der Waals surface area contributed by atoms with E-state index < -0.39 is 5.41 Å². The van der Waals surface area contributed by atoms with Gasteiger partial charge in [0, 0.05) is 6.54 Å². The van der Waals surface area contributed by atoms with Crippen molar-refractivity contribution < 1.29 is 14.7 Å². The largest absolute Gasteiger partial charge is 0.409 e. The van der Waals surface area contributed by atoms with Gasteiger partial charge in [-0.25, -0.2) is 0 Å². The number of amidine groups is 1. The van der Waals surface area contributed by atoms with Crippen molar-refractivity contribution in [3.8, 4) is 0 Å². The molecule has 6 nitrogen and oxygen atoms in total. The number of hydrogen-bond donors (Lipinski definition) is 2. The van der Waals surface area contributed by atoms with E-state index in [1.807, 2.05) is 4.90 Å². The Morgan fingerprint density at radius 2 is 2.16 bits per heavy atom. The molecule has 3 rings (SSSR count). The molecule has 0 bridgehead atoms. The zero-order valence-corrected chi connectivity index (χ0v) is 11.0. The summed E-state index contributed by atoms with van der Waals surface area (Å²) in [5.74, 6) is 0.110. The molecule has 1 saturated heterocycles. The van der Waals surface area contributed by atoms with Crippen molar-refractivity contribution in [2.45, 2.75) is 50.7 Å². The van der Waals surface area contributed by atoms with Crippen molar-refractivity contribution in [2.24, 2.45) is 16.3 Å². The monoisotopic (exact) mass is 267 g/mol. The summed E-state index contributed by atoms with van der Waals surface area (Å²) in [5, 5.41) is 12.0. The molecule has 1 amide bonds. The van der Waals surface area contributed by atoms with Gasteiger partial charge in [0.15, 0.2) is 5.84 Å². The molecule has 2 unspecified atom stereocenters. The smallest absolute Gasteiger partial charge is 0.236 e. The highest BCUT2D eigenvalue weighted by Gasteiger charge is 2.53. The van der Waals surface area contributed by atoms with E-state index >= 15 is 0 Å². The van der Waals surface area contributed by atoms with Crippen LogP contribution in [0.2, 0.25) is 0 Å². The first kappa shape index (κ1) is 12.7. The minimum Gasteiger partial charge on any atom is -0.409 e. The Bertz CT molecular complexity index is 406. The molecule has 19 heavy (non-hydrogen) atoms. The number of hydrogen-bond acceptors (Lipinski definition) is 4. The topological polar surface area (TPSA) is 88.2 Å². The molecule has 106 valence electrons. The van der Waals surface area contributed by atoms with Gasteiger partial charge in [-0.1, -0.05) is 11.6 Å². The Morgan fingerprint density at radius 1 is 1.37 bits per heavy atom. The van der Waals surface area contributed by atoms with Gasteiger partial charge < -0.3 is 20.6 Å². The molecule has 2 atom stereocenters. The fourth-order valence-corrected chi connectivity index (χ4v) is 3.66. The lowest BCUT2D eigenvalue weighted by Gasteiger charge is -2.46. The molecule has 0 aromatic carbocycles. The van der Waals surface area contributed by atoms with Crippen LogP contribution in [0.25, 0.3) is 0 Å². The van der Waals surface area contributed by atoms with Gasteiger partial charge in [-0.3, -0.25) is 4.79 Å². The molecule has 2 saturated carbocycles. The van der Waals surface area contributed by atoms with Crippen molar-refractivity contribution in [2.75, 3.05) is 13.2 Å². The lowest BCUT2D eigenvalue weighted by molar-refractivity contribution is -0.155. The van der Waals surface area contributed by atoms with Crippen molar-refractivity contribution in [3.63, 3.8) is 0 Å². The number of carbonyl (C=O) groups is 1. The second-order valence-electron chi connectivity index (χ2n) is 5.83. The standard InChI is InChI=1S/C13H21N3O3/c14-11(15-18)13(5-2-6-13)12(17)16-7-8-19-10-4-1-3-9(10)16/h9-10,18H,1-8H2,(H2,14,15). The van der Waals surface area contributed by atoms with Crippen molar-refractivity contribution in [1.29, 1.82) is 0 Å². The van der Waals surface area contributed by atoms with Crippen LogP contribution in [0.15, 0.2) is 5.16 Å². The summed E-state index contributed by atoms with van der Waals surface area (Å²) in [4.78, 5) is 14.8. The van der Waals surface area contributed by atoms with Gasteiger partial charge in [0.05, 0.1) is 18.8 Å². The van der Waals surface area contributed by atoms with Crippen LogP contribution in [-0.4, -0.2) is 47.1 Å². The van der Waals surface area contributed by atoms with E-state index in [1.165, 1.54) is 0 Å². The van der Waals surface area contributed by atoms with Gasteiger partial charge in [0.1, 0.15) is 5.41 Å². The van der Waals surface area contributed by atoms with Gasteiger partial charge in [-0.2, -0.15) is 0 Å². The third-order valence-corrected chi connectivity index (χ3v) is 4.96. The first-order valence-electron chi connectivity index (χ1n) is 7.10. The van der Waals surface area contributed by atoms with Crippen LogP contribution >= 0.6 is 0 Å². The molecule has 0 aromatic rings. The van der Waals surface area contributed by atoms with Crippen molar-refractivity contribution in [3.05, 3.63) is 0 Å². The number of morpholine rings is 1. The quantitative estimate of drug-likeness (QED) is 0.333. The molecule has 3 fully saturated rings. The van der Waals surface area contributed by atoms with Crippen molar-refractivity contribution in [1.82, 2.24) is 4.90 Å². The number of nitrogens with two attached hydrogens (primary N) is 1. The normalized spacial score (nSPS) is 33.7. The van der Waals surface area contributed by atoms with E-state index in [2.05, 4.69) is 5.16 Å². The molecule has 1 heterocycles. The average Bonchev–Trinajstić information content (AvgIpc) is 2.84. The summed E-state index contributed by atoms with van der Waals surface area (Å²) in [6, 6.07) is 0.185. The maximum absolute atomic E-state index is 12.8. The van der Waals surface area contributed by atoms with Gasteiger partial charge in [-0.05, 0) is 32.1 Å². The number of nitrogens with zero attached hydrogens (tertiary/aromatic N) is 2. The number of carbonyl (C=O) groups excluding carboxylic acids is 1. The average molecular weight is 267 g/mol. The summed E-state index contributed by atoms with van der Waals surface area (Å²) < 4.78 is 5.73. The third kappa shape index (κ3) is 1.81. The molecular weight excluding hydrogens is 246 g/mol. The van der Waals surface area contributed by atoms with E-state index in [4.69, 9.17) is 15.7 Å². The van der Waals surface area contributed by atoms with Gasteiger partial charge in [0.2, 0.25) is 5.91 Å². The first-order valence-corrected chi connectivity index (χ1v) is 7.10. The molecule has 0 radical (unpaired) electrons. The van der Waals surface area contributed by atoms with Crippen LogP contribution in [0.5, 0.6) is 0 Å². The van der Waals surface area contributed by atoms with Crippen LogP contribution in [0, 0.1) is 5.41 Å². The number of rotatable bonds is 2. The number of fused-ring (bicyclic) bond motifs is 1. The van der Waals surface area contributed by atoms with Crippen LogP contribution < -0.4 is 5.73 Å². The van der Waals surface area contributed by atoms with Crippen LogP contribution in [0.3, 0.4) is 0 Å². The second-order valence-corrected chi connectivity index (χ2v) is 5.83. The maximum Gasteiger partial charge on any atom is 0.236 e. The molecule has 6 heteroatoms. The second kappa shape index (κ2) is 4.67. The molecule has 2 aliphatic carbocycles. The number of amides is 1. The minimum absolute atomic E-state index is 0.0363. The zero-order chi connectivity index (χ0) is 13.5. The summed E-state index contributed by atoms with van der Waals surface area (Å²) >= 11 is 0. The Hall–Kier alpha value is -1.30. The molecule has 3 aliphatic rings. The lowest BCUT2D eigenvalue weighted by atomic mass is 9.66. The fraction of sp³-hybridized carbons (Fsp3) is 0.846. The highest BCUT2D eigenvalue weighted by Crippen LogP contribution is 2.44. The highest BCUT2D eigenvalue weighted by molar-refractivity contribution is 6.07. The Balaban J connectivity index is 1.82. The Labute approximate surface area is 112 Å². The van der Waals surface area contributed by atoms with E-state index in [1.54, 1.807) is 0 Å². The number of oxime groups is 1. The maximum atomic E-state index is 12.8. The SMILES string of the molecule is NC(=NO)C1(C(=O)N2CCOC3CCCC32)CCC1. The lowest BCUT2D eigenvalue weighted by Crippen LogP contribution is -2.61. The van der Waals surface area contributed by atoms with E-state index in [-0.39, 0.29) is 23.9 Å². The zero-order valence-electron chi connectivity index (χ0n) is 11.0. The van der Waals surface area contributed by atoms with Crippen molar-refractivity contribution >= 4 is 11.7 Å². The molecule has 3 N–H and O–H groups in total. The van der Waals surface area contributed by atoms with Gasteiger partial charge >= 0.3 is 0 Å². The molecular formula is C13H21N3O3. The van der Waals surface area contributed by atoms with Crippen LogP contribution in [-0.2, 0) is 9.53 Å². The summed E-state index contributed by atoms with van der Waals surface area (Å²) in [6.45, 7) is 1.22. The van der Waals surface area contributed by atoms with Gasteiger partial charge in [0.25, 0.3) is 0 Å².